The molecule has 0 aliphatic heterocycles. The summed E-state index contributed by atoms with van der Waals surface area (Å²) in [5.74, 6) is 1.43. The van der Waals surface area contributed by atoms with Crippen LogP contribution in [0.5, 0.6) is 5.75 Å². The van der Waals surface area contributed by atoms with E-state index in [2.05, 4.69) is 17.2 Å². The van der Waals surface area contributed by atoms with E-state index < -0.39 is 0 Å². The van der Waals surface area contributed by atoms with E-state index in [-0.39, 0.29) is 24.0 Å². The highest BCUT2D eigenvalue weighted by molar-refractivity contribution is 14.0. The van der Waals surface area contributed by atoms with E-state index in [0.29, 0.717) is 25.2 Å². The smallest absolute Gasteiger partial charge is 0.188 e. The number of hydrogen-bond donors (Lipinski definition) is 2. The number of nitrogens with two attached hydrogens (primary N) is 1. The summed E-state index contributed by atoms with van der Waals surface area (Å²) >= 11 is 0. The number of benzene rings is 1. The van der Waals surface area contributed by atoms with Crippen LogP contribution in [0.1, 0.15) is 44.1 Å². The molecule has 3 N–H and O–H groups in total. The largest absolute Gasteiger partial charge is 0.492 e. The molecule has 1 aromatic rings. The molecule has 0 heterocycles. The maximum atomic E-state index is 5.94. The van der Waals surface area contributed by atoms with Crippen molar-refractivity contribution < 1.29 is 4.74 Å². The van der Waals surface area contributed by atoms with E-state index in [1.54, 1.807) is 0 Å². The molecule has 0 amide bonds. The Morgan fingerprint density at radius 3 is 2.45 bits per heavy atom. The van der Waals surface area contributed by atoms with Crippen molar-refractivity contribution in [1.82, 2.24) is 5.32 Å². The van der Waals surface area contributed by atoms with Crippen LogP contribution < -0.4 is 15.8 Å². The van der Waals surface area contributed by atoms with Crippen LogP contribution in [-0.4, -0.2) is 25.2 Å². The molecule has 1 aliphatic rings. The van der Waals surface area contributed by atoms with Gasteiger partial charge in [0.05, 0.1) is 6.54 Å². The highest BCUT2D eigenvalue weighted by atomic mass is 127. The number of rotatable bonds is 5. The fourth-order valence-electron chi connectivity index (χ4n) is 2.64. The molecule has 0 radical (unpaired) electrons. The fraction of sp³-hybridized carbons (Fsp3) is 0.588. The van der Waals surface area contributed by atoms with Gasteiger partial charge in [0.15, 0.2) is 5.96 Å². The normalized spacial score (nSPS) is 16.5. The molecule has 1 aliphatic carbocycles. The maximum absolute atomic E-state index is 5.94. The van der Waals surface area contributed by atoms with Gasteiger partial charge < -0.3 is 15.8 Å². The van der Waals surface area contributed by atoms with Crippen molar-refractivity contribution in [3.63, 3.8) is 0 Å². The van der Waals surface area contributed by atoms with Crippen LogP contribution in [0.3, 0.4) is 0 Å². The molecular weight excluding hydrogens is 389 g/mol. The van der Waals surface area contributed by atoms with Gasteiger partial charge in [0, 0.05) is 6.04 Å². The van der Waals surface area contributed by atoms with Gasteiger partial charge >= 0.3 is 0 Å². The molecule has 4 nitrogen and oxygen atoms in total. The van der Waals surface area contributed by atoms with Crippen LogP contribution in [0, 0.1) is 6.92 Å². The summed E-state index contributed by atoms with van der Waals surface area (Å²) in [6.45, 7) is 3.20. The Morgan fingerprint density at radius 2 is 1.82 bits per heavy atom. The van der Waals surface area contributed by atoms with Crippen molar-refractivity contribution >= 4 is 29.9 Å². The van der Waals surface area contributed by atoms with Gasteiger partial charge in [-0.2, -0.15) is 0 Å². The molecule has 0 atom stereocenters. The van der Waals surface area contributed by atoms with Crippen molar-refractivity contribution in [1.29, 1.82) is 0 Å². The van der Waals surface area contributed by atoms with E-state index >= 15 is 0 Å². The van der Waals surface area contributed by atoms with Crippen molar-refractivity contribution in [2.24, 2.45) is 10.7 Å². The lowest BCUT2D eigenvalue weighted by molar-refractivity contribution is 0.328. The second kappa shape index (κ2) is 10.7. The average molecular weight is 417 g/mol. The first kappa shape index (κ1) is 19.1. The molecule has 22 heavy (non-hydrogen) atoms. The number of ether oxygens (including phenoxy) is 1. The molecular formula is C17H28IN3O. The zero-order chi connectivity index (χ0) is 14.9. The third-order valence-corrected chi connectivity index (χ3v) is 3.87. The quantitative estimate of drug-likeness (QED) is 0.253. The predicted molar refractivity (Wildman–Crippen MR) is 103 cm³/mol. The minimum atomic E-state index is 0. The summed E-state index contributed by atoms with van der Waals surface area (Å²) in [4.78, 5) is 4.34. The topological polar surface area (TPSA) is 59.6 Å². The summed E-state index contributed by atoms with van der Waals surface area (Å²) < 4.78 is 5.63. The second-order valence-corrected chi connectivity index (χ2v) is 5.76. The monoisotopic (exact) mass is 417 g/mol. The first-order chi connectivity index (χ1) is 10.2. The molecule has 0 bridgehead atoms. The van der Waals surface area contributed by atoms with Gasteiger partial charge in [-0.15, -0.1) is 24.0 Å². The fourth-order valence-corrected chi connectivity index (χ4v) is 2.64. The number of aliphatic imine (C=N–C) groups is 1. The summed E-state index contributed by atoms with van der Waals surface area (Å²) in [5, 5.41) is 3.34. The minimum absolute atomic E-state index is 0. The lowest BCUT2D eigenvalue weighted by atomic mass is 10.1. The lowest BCUT2D eigenvalue weighted by Gasteiger charge is -2.16. The van der Waals surface area contributed by atoms with Gasteiger partial charge in [-0.1, -0.05) is 43.4 Å². The first-order valence-electron chi connectivity index (χ1n) is 8.00. The Balaban J connectivity index is 0.00000242. The summed E-state index contributed by atoms with van der Waals surface area (Å²) in [6, 6.07) is 8.54. The zero-order valence-corrected chi connectivity index (χ0v) is 15.7. The average Bonchev–Trinajstić information content (AvgIpc) is 2.74. The molecule has 124 valence electrons. The Bertz CT molecular complexity index is 440. The van der Waals surface area contributed by atoms with Crippen LogP contribution in [0.4, 0.5) is 0 Å². The van der Waals surface area contributed by atoms with E-state index in [1.807, 2.05) is 24.3 Å². The molecule has 1 saturated carbocycles. The SMILES string of the molecule is Cc1ccc(OCCN=C(N)NC2CCCCCC2)cc1.I. The third-order valence-electron chi connectivity index (χ3n) is 3.87. The summed E-state index contributed by atoms with van der Waals surface area (Å²) in [5.41, 5.74) is 7.17. The summed E-state index contributed by atoms with van der Waals surface area (Å²) in [6.07, 6.45) is 7.69. The van der Waals surface area contributed by atoms with Crippen molar-refractivity contribution in [3.05, 3.63) is 29.8 Å². The van der Waals surface area contributed by atoms with Crippen molar-refractivity contribution in [2.75, 3.05) is 13.2 Å². The number of hydrogen-bond acceptors (Lipinski definition) is 2. The number of aryl methyl sites for hydroxylation is 1. The Hall–Kier alpha value is -0.980. The van der Waals surface area contributed by atoms with Crippen molar-refractivity contribution in [3.8, 4) is 5.75 Å². The molecule has 1 fully saturated rings. The second-order valence-electron chi connectivity index (χ2n) is 5.76. The Morgan fingerprint density at radius 1 is 1.18 bits per heavy atom. The van der Waals surface area contributed by atoms with Gasteiger partial charge in [-0.3, -0.25) is 0 Å². The molecule has 0 unspecified atom stereocenters. The van der Waals surface area contributed by atoms with Gasteiger partial charge in [0.25, 0.3) is 0 Å². The van der Waals surface area contributed by atoms with E-state index in [4.69, 9.17) is 10.5 Å². The molecule has 5 heteroatoms. The van der Waals surface area contributed by atoms with Gasteiger partial charge in [-0.05, 0) is 31.9 Å². The van der Waals surface area contributed by atoms with Crippen LogP contribution in [-0.2, 0) is 0 Å². The van der Waals surface area contributed by atoms with Gasteiger partial charge in [0.2, 0.25) is 0 Å². The van der Waals surface area contributed by atoms with E-state index in [9.17, 15) is 0 Å². The number of guanidine groups is 1. The number of halogens is 1. The number of nitrogens with zero attached hydrogens (tertiary/aromatic N) is 1. The minimum Gasteiger partial charge on any atom is -0.492 e. The van der Waals surface area contributed by atoms with Crippen LogP contribution in [0.25, 0.3) is 0 Å². The molecule has 0 saturated heterocycles. The molecule has 0 spiro atoms. The lowest BCUT2D eigenvalue weighted by Crippen LogP contribution is -2.40. The van der Waals surface area contributed by atoms with Crippen LogP contribution in [0.2, 0.25) is 0 Å². The standard InChI is InChI=1S/C17H27N3O.HI/c1-14-8-10-16(11-9-14)21-13-12-19-17(18)20-15-6-4-2-3-5-7-15;/h8-11,15H,2-7,12-13H2,1H3,(H3,18,19,20);1H. The molecule has 0 aromatic heterocycles. The third kappa shape index (κ3) is 7.33. The highest BCUT2D eigenvalue weighted by Crippen LogP contribution is 2.16. The number of nitrogens with one attached hydrogen (secondary N) is 1. The first-order valence-corrected chi connectivity index (χ1v) is 8.00. The molecule has 1 aromatic carbocycles. The Kier molecular flexibility index (Phi) is 9.27. The highest BCUT2D eigenvalue weighted by Gasteiger charge is 2.11. The van der Waals surface area contributed by atoms with E-state index in [0.717, 1.165) is 5.75 Å². The van der Waals surface area contributed by atoms with Crippen LogP contribution in [0.15, 0.2) is 29.3 Å². The van der Waals surface area contributed by atoms with Crippen LogP contribution >= 0.6 is 24.0 Å². The Labute approximate surface area is 150 Å². The van der Waals surface area contributed by atoms with E-state index in [1.165, 1.54) is 44.1 Å². The zero-order valence-electron chi connectivity index (χ0n) is 13.4. The maximum Gasteiger partial charge on any atom is 0.188 e. The van der Waals surface area contributed by atoms with Gasteiger partial charge in [-0.25, -0.2) is 4.99 Å². The van der Waals surface area contributed by atoms with Gasteiger partial charge in [0.1, 0.15) is 12.4 Å². The van der Waals surface area contributed by atoms with Crippen molar-refractivity contribution in [2.45, 2.75) is 51.5 Å². The summed E-state index contributed by atoms with van der Waals surface area (Å²) in [7, 11) is 0. The predicted octanol–water partition coefficient (Wildman–Crippen LogP) is 3.62. The molecule has 2 rings (SSSR count).